The highest BCUT2D eigenvalue weighted by Gasteiger charge is 2.44. The highest BCUT2D eigenvalue weighted by Crippen LogP contribution is 2.39. The number of nitrogens with zero attached hydrogens (tertiary/aromatic N) is 3. The number of carbonyl (C=O) groups excluding carboxylic acids is 1. The summed E-state index contributed by atoms with van der Waals surface area (Å²) < 4.78 is 7.61. The summed E-state index contributed by atoms with van der Waals surface area (Å²) in [5, 5.41) is 8.56. The fourth-order valence-electron chi connectivity index (χ4n) is 4.12. The summed E-state index contributed by atoms with van der Waals surface area (Å²) in [6.45, 7) is 0.613. The van der Waals surface area contributed by atoms with Gasteiger partial charge in [0.2, 0.25) is 5.91 Å². The third-order valence-electron chi connectivity index (χ3n) is 5.38. The Labute approximate surface area is 151 Å². The zero-order valence-electron chi connectivity index (χ0n) is 14.3. The smallest absolute Gasteiger partial charge is 0.231 e. The van der Waals surface area contributed by atoms with Crippen molar-refractivity contribution in [3.05, 3.63) is 54.4 Å². The van der Waals surface area contributed by atoms with Gasteiger partial charge in [-0.2, -0.15) is 5.10 Å². The van der Waals surface area contributed by atoms with E-state index in [2.05, 4.69) is 33.6 Å². The van der Waals surface area contributed by atoms with Gasteiger partial charge >= 0.3 is 0 Å². The Balaban J connectivity index is 1.30. The van der Waals surface area contributed by atoms with Crippen LogP contribution in [0.4, 0.5) is 5.82 Å². The molecule has 3 atom stereocenters. The number of aromatic nitrogens is 3. The SMILES string of the molecule is O=C(Nc1ccn(Cc2cccc3cccnc23)n1)[C@@H]1C[C@H]2CC[C@H]1O2. The molecule has 26 heavy (non-hydrogen) atoms. The molecule has 5 rings (SSSR count). The molecule has 0 unspecified atom stereocenters. The van der Waals surface area contributed by atoms with E-state index < -0.39 is 0 Å². The van der Waals surface area contributed by atoms with Gasteiger partial charge in [0.05, 0.1) is 30.2 Å². The maximum absolute atomic E-state index is 12.5. The van der Waals surface area contributed by atoms with E-state index in [1.807, 2.05) is 29.1 Å². The molecular formula is C20H20N4O2. The fraction of sp³-hybridized carbons (Fsp3) is 0.350. The predicted molar refractivity (Wildman–Crippen MR) is 97.7 cm³/mol. The van der Waals surface area contributed by atoms with Gasteiger partial charge in [-0.1, -0.05) is 24.3 Å². The van der Waals surface area contributed by atoms with E-state index >= 15 is 0 Å². The van der Waals surface area contributed by atoms with E-state index in [9.17, 15) is 4.79 Å². The molecule has 0 saturated carbocycles. The van der Waals surface area contributed by atoms with Crippen molar-refractivity contribution in [2.24, 2.45) is 5.92 Å². The Kier molecular flexibility index (Phi) is 3.71. The predicted octanol–water partition coefficient (Wildman–Crippen LogP) is 2.99. The van der Waals surface area contributed by atoms with Gasteiger partial charge in [-0.3, -0.25) is 14.5 Å². The van der Waals surface area contributed by atoms with Crippen molar-refractivity contribution in [3.63, 3.8) is 0 Å². The summed E-state index contributed by atoms with van der Waals surface area (Å²) >= 11 is 0. The highest BCUT2D eigenvalue weighted by molar-refractivity contribution is 5.92. The van der Waals surface area contributed by atoms with E-state index in [4.69, 9.17) is 4.74 Å². The van der Waals surface area contributed by atoms with Gasteiger partial charge in [0.25, 0.3) is 0 Å². The molecule has 1 aromatic carbocycles. The van der Waals surface area contributed by atoms with Gasteiger partial charge in [-0.15, -0.1) is 0 Å². The molecule has 1 N–H and O–H groups in total. The number of carbonyl (C=O) groups is 1. The number of benzene rings is 1. The molecule has 2 aliphatic rings. The number of hydrogen-bond donors (Lipinski definition) is 1. The van der Waals surface area contributed by atoms with Gasteiger partial charge in [-0.05, 0) is 30.9 Å². The van der Waals surface area contributed by atoms with Gasteiger partial charge in [0.1, 0.15) is 0 Å². The third-order valence-corrected chi connectivity index (χ3v) is 5.38. The highest BCUT2D eigenvalue weighted by atomic mass is 16.5. The Morgan fingerprint density at radius 2 is 2.15 bits per heavy atom. The zero-order chi connectivity index (χ0) is 17.5. The zero-order valence-corrected chi connectivity index (χ0v) is 14.3. The number of ether oxygens (including phenoxy) is 1. The van der Waals surface area contributed by atoms with Gasteiger partial charge in [-0.25, -0.2) is 0 Å². The molecule has 132 valence electrons. The molecule has 1 amide bonds. The number of rotatable bonds is 4. The molecule has 4 heterocycles. The second-order valence-electron chi connectivity index (χ2n) is 7.10. The quantitative estimate of drug-likeness (QED) is 0.787. The standard InChI is InChI=1S/C20H20N4O2/c25-20(16-11-15-6-7-17(16)26-15)22-18-8-10-24(23-18)12-14-4-1-3-13-5-2-9-21-19(13)14/h1-5,8-10,15-17H,6-7,11-12H2,(H,22,23,25)/t15-,16-,17-/m1/s1. The molecule has 2 aliphatic heterocycles. The number of pyridine rings is 1. The number of hydrogen-bond acceptors (Lipinski definition) is 4. The van der Waals surface area contributed by atoms with Crippen molar-refractivity contribution in [2.45, 2.75) is 38.0 Å². The summed E-state index contributed by atoms with van der Waals surface area (Å²) in [7, 11) is 0. The van der Waals surface area contributed by atoms with Crippen LogP contribution in [0.3, 0.4) is 0 Å². The number of anilines is 1. The number of nitrogens with one attached hydrogen (secondary N) is 1. The lowest BCUT2D eigenvalue weighted by molar-refractivity contribution is -0.121. The normalized spacial score (nSPS) is 24.2. The summed E-state index contributed by atoms with van der Waals surface area (Å²) in [5.74, 6) is 0.571. The summed E-state index contributed by atoms with van der Waals surface area (Å²) in [6.07, 6.45) is 6.95. The van der Waals surface area contributed by atoms with Crippen LogP contribution in [0, 0.1) is 5.92 Å². The second-order valence-corrected chi connectivity index (χ2v) is 7.10. The fourth-order valence-corrected chi connectivity index (χ4v) is 4.12. The van der Waals surface area contributed by atoms with E-state index in [1.54, 1.807) is 6.20 Å². The molecule has 3 aromatic rings. The third kappa shape index (κ3) is 2.76. The topological polar surface area (TPSA) is 69.0 Å². The van der Waals surface area contributed by atoms with Gasteiger partial charge in [0.15, 0.2) is 5.82 Å². The first-order chi connectivity index (χ1) is 12.8. The molecular weight excluding hydrogens is 328 g/mol. The largest absolute Gasteiger partial charge is 0.374 e. The maximum Gasteiger partial charge on any atom is 0.231 e. The minimum absolute atomic E-state index is 0.0225. The van der Waals surface area contributed by atoms with E-state index in [1.165, 1.54) is 0 Å². The van der Waals surface area contributed by atoms with E-state index in [-0.39, 0.29) is 24.0 Å². The Morgan fingerprint density at radius 3 is 3.00 bits per heavy atom. The average Bonchev–Trinajstić information content (AvgIpc) is 3.39. The lowest BCUT2D eigenvalue weighted by Gasteiger charge is -2.16. The first-order valence-electron chi connectivity index (χ1n) is 9.09. The van der Waals surface area contributed by atoms with Crippen LogP contribution in [-0.2, 0) is 16.1 Å². The van der Waals surface area contributed by atoms with Crippen molar-refractivity contribution < 1.29 is 9.53 Å². The summed E-state index contributed by atoms with van der Waals surface area (Å²) in [6, 6.07) is 12.0. The number of amides is 1. The van der Waals surface area contributed by atoms with Gasteiger partial charge < -0.3 is 10.1 Å². The molecule has 2 saturated heterocycles. The number of fused-ring (bicyclic) bond motifs is 3. The van der Waals surface area contributed by atoms with Crippen LogP contribution >= 0.6 is 0 Å². The van der Waals surface area contributed by atoms with Crippen LogP contribution in [0.25, 0.3) is 10.9 Å². The Morgan fingerprint density at radius 1 is 1.23 bits per heavy atom. The lowest BCUT2D eigenvalue weighted by atomic mass is 9.88. The molecule has 2 aromatic heterocycles. The van der Waals surface area contributed by atoms with Crippen molar-refractivity contribution in [1.29, 1.82) is 0 Å². The van der Waals surface area contributed by atoms with Crippen LogP contribution in [0.1, 0.15) is 24.8 Å². The first kappa shape index (κ1) is 15.5. The summed E-state index contributed by atoms with van der Waals surface area (Å²) in [5.41, 5.74) is 2.08. The molecule has 0 radical (unpaired) electrons. The maximum atomic E-state index is 12.5. The van der Waals surface area contributed by atoms with Crippen LogP contribution < -0.4 is 5.32 Å². The van der Waals surface area contributed by atoms with Crippen molar-refractivity contribution >= 4 is 22.6 Å². The van der Waals surface area contributed by atoms with Crippen LogP contribution in [0.15, 0.2) is 48.8 Å². The van der Waals surface area contributed by atoms with Gasteiger partial charge in [0, 0.05) is 23.8 Å². The molecule has 6 heteroatoms. The summed E-state index contributed by atoms with van der Waals surface area (Å²) in [4.78, 5) is 17.0. The van der Waals surface area contributed by atoms with Crippen molar-refractivity contribution in [3.8, 4) is 0 Å². The monoisotopic (exact) mass is 348 g/mol. The number of para-hydroxylation sites is 1. The molecule has 2 bridgehead atoms. The van der Waals surface area contributed by atoms with Crippen molar-refractivity contribution in [2.75, 3.05) is 5.32 Å². The van der Waals surface area contributed by atoms with Crippen LogP contribution in [0.5, 0.6) is 0 Å². The Bertz CT molecular complexity index is 962. The van der Waals surface area contributed by atoms with Crippen LogP contribution in [0.2, 0.25) is 0 Å². The van der Waals surface area contributed by atoms with E-state index in [0.29, 0.717) is 12.4 Å². The molecule has 0 aliphatic carbocycles. The molecule has 2 fully saturated rings. The second kappa shape index (κ2) is 6.21. The molecule has 0 spiro atoms. The average molecular weight is 348 g/mol. The minimum Gasteiger partial charge on any atom is -0.374 e. The lowest BCUT2D eigenvalue weighted by Crippen LogP contribution is -2.30. The molecule has 6 nitrogen and oxygen atoms in total. The minimum atomic E-state index is -0.0406. The Hall–Kier alpha value is -2.73. The van der Waals surface area contributed by atoms with Crippen LogP contribution in [-0.4, -0.2) is 32.9 Å². The van der Waals surface area contributed by atoms with Crippen molar-refractivity contribution in [1.82, 2.24) is 14.8 Å². The first-order valence-corrected chi connectivity index (χ1v) is 9.09. The van der Waals surface area contributed by atoms with E-state index in [0.717, 1.165) is 35.7 Å².